The number of fused-ring (bicyclic) bond motifs is 4. The summed E-state index contributed by atoms with van der Waals surface area (Å²) in [4.78, 5) is 8.33. The van der Waals surface area contributed by atoms with Gasteiger partial charge in [0.1, 0.15) is 11.5 Å². The van der Waals surface area contributed by atoms with Crippen LogP contribution in [-0.4, -0.2) is 36.9 Å². The summed E-state index contributed by atoms with van der Waals surface area (Å²) in [5, 5.41) is 9.83. The number of pyridine rings is 1. The molecule has 10 heteroatoms. The van der Waals surface area contributed by atoms with Gasteiger partial charge in [0.25, 0.3) is 0 Å². The first-order chi connectivity index (χ1) is 18.0. The summed E-state index contributed by atoms with van der Waals surface area (Å²) in [6.07, 6.45) is 15.2. The number of halogens is 2. The number of rotatable bonds is 8. The van der Waals surface area contributed by atoms with Crippen LogP contribution in [0.25, 0.3) is 16.9 Å². The van der Waals surface area contributed by atoms with Gasteiger partial charge in [-0.1, -0.05) is 28.4 Å². The van der Waals surface area contributed by atoms with Crippen molar-refractivity contribution in [3.05, 3.63) is 58.3 Å². The van der Waals surface area contributed by atoms with Crippen LogP contribution in [0.5, 0.6) is 5.88 Å². The van der Waals surface area contributed by atoms with Gasteiger partial charge in [0, 0.05) is 53.3 Å². The lowest BCUT2D eigenvalue weighted by molar-refractivity contribution is -0.150. The van der Waals surface area contributed by atoms with Crippen molar-refractivity contribution in [3.8, 4) is 17.1 Å². The van der Waals surface area contributed by atoms with Gasteiger partial charge in [-0.3, -0.25) is 4.98 Å². The molecule has 8 rings (SSSR count). The first-order valence-electron chi connectivity index (χ1n) is 12.9. The number of ether oxygens (including phenoxy) is 2. The highest BCUT2D eigenvalue weighted by atomic mass is 35.5. The van der Waals surface area contributed by atoms with E-state index in [0.29, 0.717) is 46.3 Å². The second kappa shape index (κ2) is 8.96. The van der Waals surface area contributed by atoms with Crippen molar-refractivity contribution < 1.29 is 14.0 Å². The molecule has 4 saturated carbocycles. The third-order valence-corrected chi connectivity index (χ3v) is 9.04. The summed E-state index contributed by atoms with van der Waals surface area (Å²) in [5.41, 5.74) is 3.17. The minimum atomic E-state index is -0.128. The van der Waals surface area contributed by atoms with E-state index in [9.17, 15) is 0 Å². The standard InChI is InChI=1S/C27H27Cl2N5O3/c28-19-13-30-14-20(29)23(19)24-18(25(37-33-24)17-1-2-17)15-36-27-8-5-26(6-9-27,7-10-27)16-35-22-4-3-21-31-11-12-34(21)32-22/h3-4,11-14,17H,1-2,5-10,15-16H2. The number of hydrogen-bond acceptors (Lipinski definition) is 7. The molecule has 0 radical (unpaired) electrons. The highest BCUT2D eigenvalue weighted by Gasteiger charge is 2.50. The molecule has 37 heavy (non-hydrogen) atoms. The van der Waals surface area contributed by atoms with Crippen LogP contribution in [0.4, 0.5) is 0 Å². The third-order valence-electron chi connectivity index (χ3n) is 8.47. The van der Waals surface area contributed by atoms with E-state index < -0.39 is 0 Å². The summed E-state index contributed by atoms with van der Waals surface area (Å²) < 4.78 is 20.5. The number of nitrogens with zero attached hydrogens (tertiary/aromatic N) is 5. The first kappa shape index (κ1) is 23.4. The van der Waals surface area contributed by atoms with Crippen molar-refractivity contribution in [3.63, 3.8) is 0 Å². The maximum Gasteiger partial charge on any atom is 0.231 e. The average Bonchev–Trinajstić information content (AvgIpc) is 3.51. The molecule has 0 saturated heterocycles. The van der Waals surface area contributed by atoms with Crippen LogP contribution < -0.4 is 4.74 Å². The molecule has 0 N–H and O–H groups in total. The molecule has 0 amide bonds. The van der Waals surface area contributed by atoms with Gasteiger partial charge < -0.3 is 14.0 Å². The van der Waals surface area contributed by atoms with E-state index in [1.165, 1.54) is 0 Å². The first-order valence-corrected chi connectivity index (χ1v) is 13.6. The number of hydrogen-bond donors (Lipinski definition) is 0. The molecule has 0 unspecified atom stereocenters. The third kappa shape index (κ3) is 4.29. The summed E-state index contributed by atoms with van der Waals surface area (Å²) >= 11 is 12.9. The Morgan fingerprint density at radius 1 is 1.03 bits per heavy atom. The Labute approximate surface area is 224 Å². The lowest BCUT2D eigenvalue weighted by Crippen LogP contribution is -2.49. The van der Waals surface area contributed by atoms with Crippen molar-refractivity contribution in [1.29, 1.82) is 0 Å². The molecule has 0 aromatic carbocycles. The topological polar surface area (TPSA) is 87.6 Å². The van der Waals surface area contributed by atoms with E-state index in [2.05, 4.69) is 20.2 Å². The zero-order chi connectivity index (χ0) is 25.0. The van der Waals surface area contributed by atoms with Crippen LogP contribution >= 0.6 is 23.2 Å². The molecule has 2 bridgehead atoms. The second-order valence-corrected chi connectivity index (χ2v) is 11.6. The van der Waals surface area contributed by atoms with Crippen molar-refractivity contribution in [2.75, 3.05) is 6.61 Å². The minimum Gasteiger partial charge on any atom is -0.476 e. The second-order valence-electron chi connectivity index (χ2n) is 10.8. The van der Waals surface area contributed by atoms with Gasteiger partial charge in [-0.25, -0.2) is 9.50 Å². The van der Waals surface area contributed by atoms with Crippen LogP contribution in [0.2, 0.25) is 10.0 Å². The van der Waals surface area contributed by atoms with E-state index in [1.807, 2.05) is 18.3 Å². The highest BCUT2D eigenvalue weighted by Crippen LogP contribution is 2.55. The highest BCUT2D eigenvalue weighted by molar-refractivity contribution is 6.38. The minimum absolute atomic E-state index is 0.128. The molecule has 0 aliphatic heterocycles. The molecule has 4 heterocycles. The van der Waals surface area contributed by atoms with Gasteiger partial charge in [0.05, 0.1) is 28.9 Å². The molecule has 4 aromatic rings. The molecule has 0 spiro atoms. The van der Waals surface area contributed by atoms with E-state index in [4.69, 9.17) is 37.2 Å². The molecule has 8 nitrogen and oxygen atoms in total. The van der Waals surface area contributed by atoms with Crippen molar-refractivity contribution in [2.24, 2.45) is 5.41 Å². The molecule has 4 aliphatic carbocycles. The molecular weight excluding hydrogens is 513 g/mol. The van der Waals surface area contributed by atoms with E-state index in [-0.39, 0.29) is 11.0 Å². The quantitative estimate of drug-likeness (QED) is 0.247. The Hall–Kier alpha value is -2.68. The zero-order valence-corrected chi connectivity index (χ0v) is 21.8. The van der Waals surface area contributed by atoms with Crippen LogP contribution in [0.1, 0.15) is 68.6 Å². The lowest BCUT2D eigenvalue weighted by atomic mass is 9.59. The van der Waals surface area contributed by atoms with Gasteiger partial charge in [-0.05, 0) is 57.4 Å². The maximum atomic E-state index is 6.74. The summed E-state index contributed by atoms with van der Waals surface area (Å²) in [7, 11) is 0. The SMILES string of the molecule is Clc1cncc(Cl)c1-c1noc(C2CC2)c1COC12CCC(COc3ccc4nccn4n3)(CC1)CC2. The van der Waals surface area contributed by atoms with Gasteiger partial charge in [-0.2, -0.15) is 0 Å². The van der Waals surface area contributed by atoms with E-state index >= 15 is 0 Å². The van der Waals surface area contributed by atoms with Crippen LogP contribution in [0, 0.1) is 5.41 Å². The Balaban J connectivity index is 1.04. The maximum absolute atomic E-state index is 6.74. The smallest absolute Gasteiger partial charge is 0.231 e. The van der Waals surface area contributed by atoms with Gasteiger partial charge in [-0.15, -0.1) is 5.10 Å². The van der Waals surface area contributed by atoms with Crippen molar-refractivity contribution in [1.82, 2.24) is 24.7 Å². The Bertz CT molecular complexity index is 1420. The fourth-order valence-electron chi connectivity index (χ4n) is 5.95. The Morgan fingerprint density at radius 2 is 1.78 bits per heavy atom. The molecule has 4 fully saturated rings. The predicted molar refractivity (Wildman–Crippen MR) is 138 cm³/mol. The van der Waals surface area contributed by atoms with E-state index in [0.717, 1.165) is 68.3 Å². The molecule has 4 aliphatic rings. The largest absolute Gasteiger partial charge is 0.476 e. The fraction of sp³-hybridized carbons (Fsp3) is 0.481. The molecule has 0 atom stereocenters. The van der Waals surface area contributed by atoms with Crippen LogP contribution in [0.3, 0.4) is 0 Å². The van der Waals surface area contributed by atoms with E-state index in [1.54, 1.807) is 23.1 Å². The van der Waals surface area contributed by atoms with Crippen molar-refractivity contribution in [2.45, 2.75) is 69.5 Å². The van der Waals surface area contributed by atoms with Crippen molar-refractivity contribution >= 4 is 28.8 Å². The van der Waals surface area contributed by atoms with Gasteiger partial charge in [0.2, 0.25) is 5.88 Å². The summed E-state index contributed by atoms with van der Waals surface area (Å²) in [6.45, 7) is 1.12. The zero-order valence-electron chi connectivity index (χ0n) is 20.3. The monoisotopic (exact) mass is 539 g/mol. The normalized spacial score (nSPS) is 25.1. The number of imidazole rings is 1. The summed E-state index contributed by atoms with van der Waals surface area (Å²) in [5.74, 6) is 1.95. The number of aromatic nitrogens is 5. The molecule has 192 valence electrons. The van der Waals surface area contributed by atoms with Gasteiger partial charge >= 0.3 is 0 Å². The van der Waals surface area contributed by atoms with Crippen LogP contribution in [-0.2, 0) is 11.3 Å². The fourth-order valence-corrected chi connectivity index (χ4v) is 6.49. The Kier molecular flexibility index (Phi) is 5.68. The Morgan fingerprint density at radius 3 is 2.51 bits per heavy atom. The lowest BCUT2D eigenvalue weighted by Gasteiger charge is -2.52. The molecule has 4 aromatic heterocycles. The molecular formula is C27H27Cl2N5O3. The predicted octanol–water partition coefficient (Wildman–Crippen LogP) is 6.65. The van der Waals surface area contributed by atoms with Gasteiger partial charge in [0.15, 0.2) is 5.65 Å². The van der Waals surface area contributed by atoms with Crippen LogP contribution in [0.15, 0.2) is 41.4 Å². The average molecular weight is 540 g/mol. The summed E-state index contributed by atoms with van der Waals surface area (Å²) in [6, 6.07) is 3.83.